The molecule has 21 heavy (non-hydrogen) atoms. The van der Waals surface area contributed by atoms with Gasteiger partial charge < -0.3 is 19.5 Å². The van der Waals surface area contributed by atoms with Gasteiger partial charge in [0, 0.05) is 38.9 Å². The maximum atomic E-state index is 11.0. The highest BCUT2D eigenvalue weighted by atomic mass is 16.7. The van der Waals surface area contributed by atoms with Gasteiger partial charge in [0.15, 0.2) is 6.29 Å². The minimum Gasteiger partial charge on any atom is -0.478 e. The molecule has 0 radical (unpaired) electrons. The monoisotopic (exact) mass is 290 g/mol. The minimum atomic E-state index is -1.09. The van der Waals surface area contributed by atoms with Gasteiger partial charge in [-0.1, -0.05) is 0 Å². The molecule has 0 amide bonds. The van der Waals surface area contributed by atoms with Gasteiger partial charge >= 0.3 is 5.97 Å². The van der Waals surface area contributed by atoms with Crippen molar-refractivity contribution in [1.29, 1.82) is 5.26 Å². The predicted octanol–water partition coefficient (Wildman–Crippen LogP) is 1.70. The van der Waals surface area contributed by atoms with Gasteiger partial charge in [-0.25, -0.2) is 4.79 Å². The molecular weight excluding hydrogens is 272 g/mol. The number of aromatic carboxylic acids is 1. The molecule has 0 unspecified atom stereocenters. The first-order chi connectivity index (χ1) is 10.1. The molecule has 112 valence electrons. The zero-order chi connectivity index (χ0) is 15.4. The number of carboxylic acid groups (broad SMARTS) is 1. The Hall–Kier alpha value is -2.10. The molecule has 0 aliphatic carbocycles. The van der Waals surface area contributed by atoms with Crippen LogP contribution in [0.15, 0.2) is 18.2 Å². The second-order valence-corrected chi connectivity index (χ2v) is 4.98. The Morgan fingerprint density at radius 1 is 1.48 bits per heavy atom. The van der Waals surface area contributed by atoms with Crippen LogP contribution >= 0.6 is 0 Å². The van der Waals surface area contributed by atoms with Gasteiger partial charge in [-0.2, -0.15) is 5.26 Å². The molecule has 1 aliphatic rings. The third kappa shape index (κ3) is 3.15. The molecule has 1 aromatic rings. The number of benzene rings is 1. The van der Waals surface area contributed by atoms with E-state index in [1.54, 1.807) is 26.4 Å². The number of nitrogens with zero attached hydrogens (tertiary/aromatic N) is 2. The van der Waals surface area contributed by atoms with Crippen molar-refractivity contribution in [3.63, 3.8) is 0 Å². The fraction of sp³-hybridized carbons (Fsp3) is 0.467. The van der Waals surface area contributed by atoms with Crippen molar-refractivity contribution < 1.29 is 19.4 Å². The quantitative estimate of drug-likeness (QED) is 0.831. The summed E-state index contributed by atoms with van der Waals surface area (Å²) in [6, 6.07) is 6.78. The van der Waals surface area contributed by atoms with Crippen molar-refractivity contribution >= 4 is 11.7 Å². The summed E-state index contributed by atoms with van der Waals surface area (Å²) in [6.45, 7) is 1.58. The van der Waals surface area contributed by atoms with Gasteiger partial charge in [-0.05, 0) is 24.6 Å². The number of hydrogen-bond acceptors (Lipinski definition) is 5. The molecule has 1 N–H and O–H groups in total. The molecule has 6 nitrogen and oxygen atoms in total. The van der Waals surface area contributed by atoms with E-state index in [0.717, 1.165) is 25.2 Å². The van der Waals surface area contributed by atoms with E-state index in [1.807, 2.05) is 6.07 Å². The smallest absolute Gasteiger partial charge is 0.337 e. The number of ether oxygens (including phenoxy) is 2. The summed E-state index contributed by atoms with van der Waals surface area (Å²) >= 11 is 0. The second kappa shape index (κ2) is 6.57. The number of rotatable bonds is 5. The molecule has 1 fully saturated rings. The van der Waals surface area contributed by atoms with Crippen molar-refractivity contribution in [2.24, 2.45) is 5.92 Å². The first-order valence-electron chi connectivity index (χ1n) is 6.68. The van der Waals surface area contributed by atoms with Crippen LogP contribution in [0.4, 0.5) is 5.69 Å². The van der Waals surface area contributed by atoms with E-state index in [-0.39, 0.29) is 23.3 Å². The lowest BCUT2D eigenvalue weighted by atomic mass is 10.1. The molecule has 0 spiro atoms. The fourth-order valence-corrected chi connectivity index (χ4v) is 2.73. The average Bonchev–Trinajstić information content (AvgIpc) is 2.97. The van der Waals surface area contributed by atoms with Crippen LogP contribution in [0.1, 0.15) is 22.3 Å². The van der Waals surface area contributed by atoms with E-state index in [4.69, 9.17) is 19.8 Å². The van der Waals surface area contributed by atoms with Crippen molar-refractivity contribution in [1.82, 2.24) is 0 Å². The van der Waals surface area contributed by atoms with Gasteiger partial charge in [-0.3, -0.25) is 0 Å². The maximum absolute atomic E-state index is 11.0. The number of nitriles is 1. The molecular formula is C15H18N2O4. The van der Waals surface area contributed by atoms with Gasteiger partial charge in [0.1, 0.15) is 6.07 Å². The highest BCUT2D eigenvalue weighted by molar-refractivity contribution is 5.91. The summed E-state index contributed by atoms with van der Waals surface area (Å²) in [7, 11) is 3.23. The fourth-order valence-electron chi connectivity index (χ4n) is 2.73. The molecule has 6 heteroatoms. The Kier molecular flexibility index (Phi) is 4.78. The van der Waals surface area contributed by atoms with Gasteiger partial charge in [0.25, 0.3) is 0 Å². The lowest BCUT2D eigenvalue weighted by molar-refractivity contribution is -0.132. The highest BCUT2D eigenvalue weighted by Gasteiger charge is 2.30. The zero-order valence-electron chi connectivity index (χ0n) is 12.1. The Morgan fingerprint density at radius 2 is 2.19 bits per heavy atom. The molecule has 1 aromatic carbocycles. The van der Waals surface area contributed by atoms with Crippen LogP contribution < -0.4 is 4.90 Å². The van der Waals surface area contributed by atoms with E-state index in [2.05, 4.69) is 4.90 Å². The van der Waals surface area contributed by atoms with Crippen molar-refractivity contribution in [3.8, 4) is 6.07 Å². The maximum Gasteiger partial charge on any atom is 0.337 e. The average molecular weight is 290 g/mol. The number of carboxylic acids is 1. The summed E-state index contributed by atoms with van der Waals surface area (Å²) in [5.74, 6) is -0.832. The van der Waals surface area contributed by atoms with Crippen molar-refractivity contribution in [2.75, 3.05) is 32.2 Å². The standard InChI is InChI=1S/C15H18N2O4/c1-20-15(21-2)10-5-6-17(9-10)12-3-4-13(14(18)19)11(7-12)8-16/h3-4,7,10,15H,5-6,9H2,1-2H3,(H,18,19)/t10-/m1/s1. The van der Waals surface area contributed by atoms with Gasteiger partial charge in [0.05, 0.1) is 11.1 Å². The lowest BCUT2D eigenvalue weighted by Crippen LogP contribution is -2.28. The van der Waals surface area contributed by atoms with E-state index in [0.29, 0.717) is 0 Å². The van der Waals surface area contributed by atoms with Crippen LogP contribution in [0.3, 0.4) is 0 Å². The Balaban J connectivity index is 2.17. The van der Waals surface area contributed by atoms with E-state index in [1.165, 1.54) is 6.07 Å². The third-order valence-corrected chi connectivity index (χ3v) is 3.79. The molecule has 1 heterocycles. The van der Waals surface area contributed by atoms with E-state index < -0.39 is 5.97 Å². The summed E-state index contributed by atoms with van der Waals surface area (Å²) in [5, 5.41) is 18.1. The van der Waals surface area contributed by atoms with Crippen LogP contribution in [-0.2, 0) is 9.47 Å². The summed E-state index contributed by atoms with van der Waals surface area (Å²) < 4.78 is 10.6. The first-order valence-corrected chi connectivity index (χ1v) is 6.68. The predicted molar refractivity (Wildman–Crippen MR) is 76.2 cm³/mol. The van der Waals surface area contributed by atoms with Crippen LogP contribution in [-0.4, -0.2) is 44.7 Å². The molecule has 1 atom stereocenters. The summed E-state index contributed by atoms with van der Waals surface area (Å²) in [5.41, 5.74) is 1.06. The van der Waals surface area contributed by atoms with Crippen LogP contribution in [0, 0.1) is 17.2 Å². The third-order valence-electron chi connectivity index (χ3n) is 3.79. The largest absolute Gasteiger partial charge is 0.478 e. The van der Waals surface area contributed by atoms with Crippen LogP contribution in [0.2, 0.25) is 0 Å². The normalized spacial score (nSPS) is 18.0. The first kappa shape index (κ1) is 15.3. The van der Waals surface area contributed by atoms with Crippen molar-refractivity contribution in [3.05, 3.63) is 29.3 Å². The second-order valence-electron chi connectivity index (χ2n) is 4.98. The van der Waals surface area contributed by atoms with E-state index >= 15 is 0 Å². The van der Waals surface area contributed by atoms with E-state index in [9.17, 15) is 4.79 Å². The van der Waals surface area contributed by atoms with Crippen LogP contribution in [0.5, 0.6) is 0 Å². The topological polar surface area (TPSA) is 82.8 Å². The summed E-state index contributed by atoms with van der Waals surface area (Å²) in [4.78, 5) is 13.1. The number of hydrogen-bond donors (Lipinski definition) is 1. The summed E-state index contributed by atoms with van der Waals surface area (Å²) in [6.07, 6.45) is 0.679. The zero-order valence-corrected chi connectivity index (χ0v) is 12.1. The molecule has 2 rings (SSSR count). The number of methoxy groups -OCH3 is 2. The number of carbonyl (C=O) groups is 1. The number of anilines is 1. The molecule has 0 bridgehead atoms. The Morgan fingerprint density at radius 3 is 2.76 bits per heavy atom. The molecule has 1 aliphatic heterocycles. The minimum absolute atomic E-state index is 0.0312. The molecule has 0 saturated carbocycles. The van der Waals surface area contributed by atoms with Gasteiger partial charge in [0.2, 0.25) is 0 Å². The SMILES string of the molecule is COC(OC)[C@@H]1CCN(c2ccc(C(=O)O)c(C#N)c2)C1. The lowest BCUT2D eigenvalue weighted by Gasteiger charge is -2.22. The highest BCUT2D eigenvalue weighted by Crippen LogP contribution is 2.28. The molecule has 1 saturated heterocycles. The Labute approximate surface area is 123 Å². The van der Waals surface area contributed by atoms with Gasteiger partial charge in [-0.15, -0.1) is 0 Å². The van der Waals surface area contributed by atoms with Crippen molar-refractivity contribution in [2.45, 2.75) is 12.7 Å². The van der Waals surface area contributed by atoms with Crippen LogP contribution in [0.25, 0.3) is 0 Å². The molecule has 0 aromatic heterocycles. The Bertz CT molecular complexity index is 563.